The summed E-state index contributed by atoms with van der Waals surface area (Å²) in [7, 11) is 0. The third-order valence-corrected chi connectivity index (χ3v) is 6.44. The van der Waals surface area contributed by atoms with Gasteiger partial charge in [0.1, 0.15) is 0 Å². The number of hydrogen-bond donors (Lipinski definition) is 2. The summed E-state index contributed by atoms with van der Waals surface area (Å²) in [5.41, 5.74) is 7.01. The molecular weight excluding hydrogens is 350 g/mol. The molecular formula is C20H28ClN3O2. The quantitative estimate of drug-likeness (QED) is 0.847. The van der Waals surface area contributed by atoms with E-state index >= 15 is 0 Å². The van der Waals surface area contributed by atoms with Crippen molar-refractivity contribution in [2.45, 2.75) is 44.2 Å². The summed E-state index contributed by atoms with van der Waals surface area (Å²) in [6.07, 6.45) is 5.14. The molecule has 2 saturated carbocycles. The van der Waals surface area contributed by atoms with Crippen LogP contribution >= 0.6 is 12.4 Å². The molecule has 0 spiro atoms. The molecule has 3 aliphatic rings. The van der Waals surface area contributed by atoms with Gasteiger partial charge in [0.25, 0.3) is 5.91 Å². The Morgan fingerprint density at radius 3 is 2.27 bits per heavy atom. The number of likely N-dealkylation sites (tertiary alicyclic amines) is 1. The number of benzene rings is 1. The van der Waals surface area contributed by atoms with Gasteiger partial charge in [0.2, 0.25) is 5.91 Å². The maximum Gasteiger partial charge on any atom is 0.251 e. The molecule has 1 saturated heterocycles. The number of carbonyl (C=O) groups excluding carboxylic acids is 2. The van der Waals surface area contributed by atoms with Gasteiger partial charge in [-0.3, -0.25) is 9.59 Å². The fourth-order valence-corrected chi connectivity index (χ4v) is 5.02. The number of nitrogens with one attached hydrogen (secondary N) is 1. The molecule has 0 radical (unpaired) electrons. The van der Waals surface area contributed by atoms with Crippen molar-refractivity contribution in [2.24, 2.45) is 23.5 Å². The van der Waals surface area contributed by atoms with Crippen LogP contribution in [0.1, 0.15) is 42.5 Å². The lowest BCUT2D eigenvalue weighted by atomic mass is 9.83. The molecule has 6 heteroatoms. The standard InChI is InChI=1S/C20H27N3O2.ClH/c21-18-15-7-6-14(12-15)17(18)20(25)23-10-8-16(9-11-23)22-19(24)13-4-2-1-3-5-13;/h1-5,14-18H,6-12,21H2,(H,22,24);1H. The third kappa shape index (κ3) is 3.60. The Morgan fingerprint density at radius 1 is 1.00 bits per heavy atom. The van der Waals surface area contributed by atoms with Crippen LogP contribution in [0.4, 0.5) is 0 Å². The predicted octanol–water partition coefficient (Wildman–Crippen LogP) is 2.20. The molecule has 2 amide bonds. The molecule has 1 aromatic carbocycles. The Bertz CT molecular complexity index is 644. The maximum atomic E-state index is 12.9. The van der Waals surface area contributed by atoms with E-state index in [-0.39, 0.29) is 42.2 Å². The molecule has 1 heterocycles. The van der Waals surface area contributed by atoms with E-state index in [1.165, 1.54) is 12.8 Å². The first-order valence-electron chi connectivity index (χ1n) is 9.54. The number of fused-ring (bicyclic) bond motifs is 2. The summed E-state index contributed by atoms with van der Waals surface area (Å²) in [5, 5.41) is 3.10. The second-order valence-corrected chi connectivity index (χ2v) is 7.88. The van der Waals surface area contributed by atoms with Gasteiger partial charge in [-0.2, -0.15) is 0 Å². The summed E-state index contributed by atoms with van der Waals surface area (Å²) in [6.45, 7) is 1.44. The van der Waals surface area contributed by atoms with Crippen LogP contribution < -0.4 is 11.1 Å². The molecule has 2 bridgehead atoms. The summed E-state index contributed by atoms with van der Waals surface area (Å²) in [6, 6.07) is 9.49. The molecule has 1 aromatic rings. The van der Waals surface area contributed by atoms with Gasteiger partial charge in [-0.25, -0.2) is 0 Å². The van der Waals surface area contributed by atoms with E-state index in [2.05, 4.69) is 5.32 Å². The Balaban J connectivity index is 0.00000196. The third-order valence-electron chi connectivity index (χ3n) is 6.44. The molecule has 26 heavy (non-hydrogen) atoms. The molecule has 5 nitrogen and oxygen atoms in total. The van der Waals surface area contributed by atoms with E-state index in [0.29, 0.717) is 17.4 Å². The lowest BCUT2D eigenvalue weighted by molar-refractivity contribution is -0.138. The van der Waals surface area contributed by atoms with E-state index in [9.17, 15) is 9.59 Å². The van der Waals surface area contributed by atoms with E-state index < -0.39 is 0 Å². The predicted molar refractivity (Wildman–Crippen MR) is 103 cm³/mol. The first kappa shape index (κ1) is 19.2. The fourth-order valence-electron chi connectivity index (χ4n) is 5.02. The first-order valence-corrected chi connectivity index (χ1v) is 9.54. The molecule has 0 aromatic heterocycles. The van der Waals surface area contributed by atoms with Crippen molar-refractivity contribution < 1.29 is 9.59 Å². The highest BCUT2D eigenvalue weighted by atomic mass is 35.5. The molecule has 3 fully saturated rings. The number of carbonyl (C=O) groups is 2. The second kappa shape index (κ2) is 7.97. The highest BCUT2D eigenvalue weighted by molar-refractivity contribution is 5.94. The average Bonchev–Trinajstić information content (AvgIpc) is 3.24. The van der Waals surface area contributed by atoms with Gasteiger partial charge in [0.15, 0.2) is 0 Å². The van der Waals surface area contributed by atoms with Crippen LogP contribution in [0.3, 0.4) is 0 Å². The Morgan fingerprint density at radius 2 is 1.65 bits per heavy atom. The largest absolute Gasteiger partial charge is 0.349 e. The van der Waals surface area contributed by atoms with E-state index in [0.717, 1.165) is 32.4 Å². The number of rotatable bonds is 3. The SMILES string of the molecule is Cl.NC1C2CCC(C2)C1C(=O)N1CCC(NC(=O)c2ccccc2)CC1. The summed E-state index contributed by atoms with van der Waals surface area (Å²) >= 11 is 0. The first-order chi connectivity index (χ1) is 12.1. The normalized spacial score (nSPS) is 30.7. The topological polar surface area (TPSA) is 75.4 Å². The minimum absolute atomic E-state index is 0. The van der Waals surface area contributed by atoms with Crippen LogP contribution in [-0.2, 0) is 4.79 Å². The number of nitrogens with two attached hydrogens (primary N) is 1. The highest BCUT2D eigenvalue weighted by Gasteiger charge is 2.50. The molecule has 1 aliphatic heterocycles. The number of nitrogens with zero attached hydrogens (tertiary/aromatic N) is 1. The number of piperidine rings is 1. The number of halogens is 1. The van der Waals surface area contributed by atoms with Crippen molar-refractivity contribution >= 4 is 24.2 Å². The van der Waals surface area contributed by atoms with E-state index in [4.69, 9.17) is 5.73 Å². The molecule has 4 unspecified atom stereocenters. The van der Waals surface area contributed by atoms with Crippen LogP contribution in [0.5, 0.6) is 0 Å². The lowest BCUT2D eigenvalue weighted by Crippen LogP contribution is -2.51. The summed E-state index contributed by atoms with van der Waals surface area (Å²) in [4.78, 5) is 27.2. The van der Waals surface area contributed by atoms with Crippen molar-refractivity contribution in [3.8, 4) is 0 Å². The Kier molecular flexibility index (Phi) is 5.88. The monoisotopic (exact) mass is 377 g/mol. The van der Waals surface area contributed by atoms with Gasteiger partial charge < -0.3 is 16.0 Å². The molecule has 4 rings (SSSR count). The van der Waals surface area contributed by atoms with Gasteiger partial charge >= 0.3 is 0 Å². The summed E-state index contributed by atoms with van der Waals surface area (Å²) < 4.78 is 0. The van der Waals surface area contributed by atoms with Crippen molar-refractivity contribution in [1.82, 2.24) is 10.2 Å². The molecule has 3 N–H and O–H groups in total. The van der Waals surface area contributed by atoms with Crippen LogP contribution in [0.2, 0.25) is 0 Å². The minimum Gasteiger partial charge on any atom is -0.349 e. The molecule has 2 aliphatic carbocycles. The van der Waals surface area contributed by atoms with Crippen molar-refractivity contribution in [2.75, 3.05) is 13.1 Å². The molecule has 142 valence electrons. The number of amides is 2. The Hall–Kier alpha value is -1.59. The smallest absolute Gasteiger partial charge is 0.251 e. The zero-order valence-electron chi connectivity index (χ0n) is 15.0. The van der Waals surface area contributed by atoms with Gasteiger partial charge in [0, 0.05) is 30.7 Å². The van der Waals surface area contributed by atoms with Gasteiger partial charge in [-0.1, -0.05) is 18.2 Å². The highest BCUT2D eigenvalue weighted by Crippen LogP contribution is 2.48. The van der Waals surface area contributed by atoms with Crippen molar-refractivity contribution in [1.29, 1.82) is 0 Å². The van der Waals surface area contributed by atoms with E-state index in [1.807, 2.05) is 35.2 Å². The zero-order valence-corrected chi connectivity index (χ0v) is 15.8. The molecule has 4 atom stereocenters. The van der Waals surface area contributed by atoms with Crippen LogP contribution in [0.15, 0.2) is 30.3 Å². The van der Waals surface area contributed by atoms with Crippen LogP contribution in [0.25, 0.3) is 0 Å². The van der Waals surface area contributed by atoms with Crippen molar-refractivity contribution in [3.05, 3.63) is 35.9 Å². The second-order valence-electron chi connectivity index (χ2n) is 7.88. The summed E-state index contributed by atoms with van der Waals surface area (Å²) in [5.74, 6) is 1.33. The average molecular weight is 378 g/mol. The van der Waals surface area contributed by atoms with Gasteiger partial charge in [-0.15, -0.1) is 12.4 Å². The maximum absolute atomic E-state index is 12.9. The van der Waals surface area contributed by atoms with Gasteiger partial charge in [-0.05, 0) is 56.1 Å². The van der Waals surface area contributed by atoms with Crippen LogP contribution in [-0.4, -0.2) is 41.9 Å². The van der Waals surface area contributed by atoms with Crippen LogP contribution in [0, 0.1) is 17.8 Å². The Labute approximate surface area is 161 Å². The lowest BCUT2D eigenvalue weighted by Gasteiger charge is -2.37. The zero-order chi connectivity index (χ0) is 17.4. The fraction of sp³-hybridized carbons (Fsp3) is 0.600. The van der Waals surface area contributed by atoms with Crippen molar-refractivity contribution in [3.63, 3.8) is 0 Å². The van der Waals surface area contributed by atoms with E-state index in [1.54, 1.807) is 0 Å². The minimum atomic E-state index is -0.0273. The number of hydrogen-bond acceptors (Lipinski definition) is 3. The van der Waals surface area contributed by atoms with Gasteiger partial charge in [0.05, 0.1) is 5.92 Å².